The quantitative estimate of drug-likeness (QED) is 0.844. The summed E-state index contributed by atoms with van der Waals surface area (Å²) in [7, 11) is -3.57. The summed E-state index contributed by atoms with van der Waals surface area (Å²) < 4.78 is 25.4. The van der Waals surface area contributed by atoms with Crippen LogP contribution in [0.4, 0.5) is 5.69 Å². The van der Waals surface area contributed by atoms with Crippen LogP contribution in [0.2, 0.25) is 0 Å². The Labute approximate surface area is 156 Å². The Morgan fingerprint density at radius 1 is 1.04 bits per heavy atom. The number of amides is 1. The fraction of sp³-hybridized carbons (Fsp3) is 0.350. The van der Waals surface area contributed by atoms with Gasteiger partial charge in [0.1, 0.15) is 6.54 Å². The fourth-order valence-electron chi connectivity index (χ4n) is 2.92. The molecule has 1 N–H and O–H groups in total. The molecule has 0 spiro atoms. The van der Waals surface area contributed by atoms with E-state index in [1.807, 2.05) is 52.0 Å². The molecular weight excluding hydrogens is 348 g/mol. The average molecular weight is 375 g/mol. The van der Waals surface area contributed by atoms with Crippen molar-refractivity contribution in [2.24, 2.45) is 0 Å². The van der Waals surface area contributed by atoms with Crippen LogP contribution in [0.1, 0.15) is 35.2 Å². The van der Waals surface area contributed by atoms with Crippen LogP contribution in [0.15, 0.2) is 42.5 Å². The number of rotatable bonds is 6. The Bertz CT molecular complexity index is 890. The van der Waals surface area contributed by atoms with Crippen molar-refractivity contribution >= 4 is 21.6 Å². The van der Waals surface area contributed by atoms with Crippen LogP contribution in [0.25, 0.3) is 0 Å². The average Bonchev–Trinajstić information content (AvgIpc) is 2.52. The molecule has 0 heterocycles. The minimum atomic E-state index is -3.57. The lowest BCUT2D eigenvalue weighted by Gasteiger charge is -2.24. The molecule has 140 valence electrons. The maximum Gasteiger partial charge on any atom is 0.241 e. The van der Waals surface area contributed by atoms with Crippen LogP contribution >= 0.6 is 0 Å². The van der Waals surface area contributed by atoms with Crippen molar-refractivity contribution in [1.82, 2.24) is 5.32 Å². The van der Waals surface area contributed by atoms with Gasteiger partial charge >= 0.3 is 0 Å². The number of nitrogens with zero attached hydrogens (tertiary/aromatic N) is 1. The largest absolute Gasteiger partial charge is 0.348 e. The van der Waals surface area contributed by atoms with Gasteiger partial charge in [-0.1, -0.05) is 41.5 Å². The van der Waals surface area contributed by atoms with E-state index >= 15 is 0 Å². The Balaban J connectivity index is 2.15. The zero-order chi connectivity index (χ0) is 19.5. The number of hydrogen-bond acceptors (Lipinski definition) is 3. The molecule has 1 unspecified atom stereocenters. The van der Waals surface area contributed by atoms with Crippen molar-refractivity contribution in [1.29, 1.82) is 0 Å². The van der Waals surface area contributed by atoms with Gasteiger partial charge in [0.05, 0.1) is 18.0 Å². The summed E-state index contributed by atoms with van der Waals surface area (Å²) in [4.78, 5) is 12.5. The van der Waals surface area contributed by atoms with Gasteiger partial charge in [0.2, 0.25) is 15.9 Å². The highest BCUT2D eigenvalue weighted by Gasteiger charge is 2.22. The lowest BCUT2D eigenvalue weighted by atomic mass is 10.0. The molecule has 0 saturated heterocycles. The zero-order valence-corrected chi connectivity index (χ0v) is 16.7. The molecule has 0 aromatic heterocycles. The first-order valence-electron chi connectivity index (χ1n) is 8.49. The molecule has 0 bridgehead atoms. The molecule has 0 aliphatic heterocycles. The van der Waals surface area contributed by atoms with E-state index in [2.05, 4.69) is 11.4 Å². The normalized spacial score (nSPS) is 12.5. The first-order chi connectivity index (χ1) is 12.1. The molecule has 0 fully saturated rings. The van der Waals surface area contributed by atoms with Crippen LogP contribution in [0.5, 0.6) is 0 Å². The zero-order valence-electron chi connectivity index (χ0n) is 15.9. The van der Waals surface area contributed by atoms with E-state index in [1.165, 1.54) is 0 Å². The smallest absolute Gasteiger partial charge is 0.241 e. The summed E-state index contributed by atoms with van der Waals surface area (Å²) in [5.74, 6) is -0.344. The summed E-state index contributed by atoms with van der Waals surface area (Å²) >= 11 is 0. The standard InChI is InChI=1S/C20H26N2O3S/c1-14-6-9-18(10-7-14)22(26(5,24)25)13-20(23)21-17(4)19-11-8-15(2)12-16(19)3/h6-12,17H,13H2,1-5H3,(H,21,23). The highest BCUT2D eigenvalue weighted by atomic mass is 32.2. The van der Waals surface area contributed by atoms with Crippen molar-refractivity contribution in [2.75, 3.05) is 17.1 Å². The first-order valence-corrected chi connectivity index (χ1v) is 10.3. The second-order valence-corrected chi connectivity index (χ2v) is 8.66. The van der Waals surface area contributed by atoms with Crippen molar-refractivity contribution in [3.63, 3.8) is 0 Å². The van der Waals surface area contributed by atoms with E-state index in [0.29, 0.717) is 5.69 Å². The summed E-state index contributed by atoms with van der Waals surface area (Å²) in [6, 6.07) is 12.9. The molecule has 2 aromatic carbocycles. The van der Waals surface area contributed by atoms with E-state index in [-0.39, 0.29) is 18.5 Å². The van der Waals surface area contributed by atoms with Gasteiger partial charge in [-0.3, -0.25) is 9.10 Å². The number of sulfonamides is 1. The van der Waals surface area contributed by atoms with Crippen molar-refractivity contribution in [3.8, 4) is 0 Å². The summed E-state index contributed by atoms with van der Waals surface area (Å²) in [5, 5.41) is 2.90. The molecule has 2 aromatic rings. The third-order valence-electron chi connectivity index (χ3n) is 4.28. The Kier molecular flexibility index (Phi) is 6.08. The van der Waals surface area contributed by atoms with Crippen LogP contribution in [-0.2, 0) is 14.8 Å². The number of hydrogen-bond donors (Lipinski definition) is 1. The molecule has 0 saturated carbocycles. The number of carbonyl (C=O) groups is 1. The Morgan fingerprint density at radius 3 is 2.15 bits per heavy atom. The maximum absolute atomic E-state index is 12.5. The molecule has 0 aliphatic rings. The van der Waals surface area contributed by atoms with Crippen LogP contribution < -0.4 is 9.62 Å². The lowest BCUT2D eigenvalue weighted by Crippen LogP contribution is -2.41. The lowest BCUT2D eigenvalue weighted by molar-refractivity contribution is -0.120. The molecule has 6 heteroatoms. The van der Waals surface area contributed by atoms with E-state index in [9.17, 15) is 13.2 Å². The highest BCUT2D eigenvalue weighted by Crippen LogP contribution is 2.20. The van der Waals surface area contributed by atoms with Crippen molar-refractivity contribution in [3.05, 3.63) is 64.7 Å². The van der Waals surface area contributed by atoms with Crippen molar-refractivity contribution < 1.29 is 13.2 Å². The number of benzene rings is 2. The molecule has 5 nitrogen and oxygen atoms in total. The second kappa shape index (κ2) is 7.91. The predicted octanol–water partition coefficient (Wildman–Crippen LogP) is 3.26. The van der Waals surface area contributed by atoms with E-state index < -0.39 is 10.0 Å². The van der Waals surface area contributed by atoms with E-state index in [4.69, 9.17) is 0 Å². The molecule has 2 rings (SSSR count). The molecule has 26 heavy (non-hydrogen) atoms. The maximum atomic E-state index is 12.5. The number of aryl methyl sites for hydroxylation is 3. The van der Waals surface area contributed by atoms with E-state index in [1.54, 1.807) is 12.1 Å². The predicted molar refractivity (Wildman–Crippen MR) is 106 cm³/mol. The topological polar surface area (TPSA) is 66.5 Å². The Hall–Kier alpha value is -2.34. The molecule has 1 amide bonds. The third-order valence-corrected chi connectivity index (χ3v) is 5.42. The third kappa shape index (κ3) is 5.08. The molecule has 1 atom stereocenters. The molecule has 0 radical (unpaired) electrons. The van der Waals surface area contributed by atoms with Gasteiger partial charge < -0.3 is 5.32 Å². The van der Waals surface area contributed by atoms with Crippen molar-refractivity contribution in [2.45, 2.75) is 33.7 Å². The number of carbonyl (C=O) groups excluding carboxylic acids is 1. The van der Waals surface area contributed by atoms with Gasteiger partial charge in [0.25, 0.3) is 0 Å². The first kappa shape index (κ1) is 20.0. The van der Waals surface area contributed by atoms with Crippen LogP contribution in [-0.4, -0.2) is 27.1 Å². The second-order valence-electron chi connectivity index (χ2n) is 6.75. The SMILES string of the molecule is Cc1ccc(N(CC(=O)NC(C)c2ccc(C)cc2C)S(C)(=O)=O)cc1. The Morgan fingerprint density at radius 2 is 1.62 bits per heavy atom. The highest BCUT2D eigenvalue weighted by molar-refractivity contribution is 7.92. The van der Waals surface area contributed by atoms with Gasteiger partial charge in [-0.25, -0.2) is 8.42 Å². The minimum Gasteiger partial charge on any atom is -0.348 e. The van der Waals surface area contributed by atoms with E-state index in [0.717, 1.165) is 32.8 Å². The molecule has 0 aliphatic carbocycles. The number of nitrogens with one attached hydrogen (secondary N) is 1. The van der Waals surface area contributed by atoms with Crippen LogP contribution in [0.3, 0.4) is 0 Å². The molecular formula is C20H26N2O3S. The van der Waals surface area contributed by atoms with Gasteiger partial charge in [-0.2, -0.15) is 0 Å². The van der Waals surface area contributed by atoms with Gasteiger partial charge in [-0.05, 0) is 51.0 Å². The van der Waals surface area contributed by atoms with Gasteiger partial charge in [0, 0.05) is 0 Å². The number of anilines is 1. The fourth-order valence-corrected chi connectivity index (χ4v) is 3.77. The summed E-state index contributed by atoms with van der Waals surface area (Å²) in [6.45, 7) is 7.59. The van der Waals surface area contributed by atoms with Gasteiger partial charge in [0.15, 0.2) is 0 Å². The minimum absolute atomic E-state index is 0.206. The monoisotopic (exact) mass is 374 g/mol. The van der Waals surface area contributed by atoms with Gasteiger partial charge in [-0.15, -0.1) is 0 Å². The summed E-state index contributed by atoms with van der Waals surface area (Å²) in [5.41, 5.74) is 4.77. The summed E-state index contributed by atoms with van der Waals surface area (Å²) in [6.07, 6.45) is 1.10. The van der Waals surface area contributed by atoms with Crippen LogP contribution in [0, 0.1) is 20.8 Å².